The molecule has 1 saturated heterocycles. The highest BCUT2D eigenvalue weighted by atomic mass is 16.5. The summed E-state index contributed by atoms with van der Waals surface area (Å²) in [5.41, 5.74) is 3.52. The average molecular weight is 356 g/mol. The molecule has 1 aliphatic carbocycles. The first kappa shape index (κ1) is 17.5. The first-order valence-corrected chi connectivity index (χ1v) is 9.48. The van der Waals surface area contributed by atoms with E-state index in [0.717, 1.165) is 50.2 Å². The summed E-state index contributed by atoms with van der Waals surface area (Å²) in [5.74, 6) is 0.716. The van der Waals surface area contributed by atoms with Crippen LogP contribution in [-0.2, 0) is 11.3 Å². The molecule has 1 saturated carbocycles. The minimum absolute atomic E-state index is 0.0461. The molecular weight excluding hydrogens is 328 g/mol. The fourth-order valence-corrected chi connectivity index (χ4v) is 4.65. The number of aromatic amines is 1. The van der Waals surface area contributed by atoms with E-state index in [0.29, 0.717) is 11.9 Å². The number of hydrogen-bond donors (Lipinski definition) is 1. The molecule has 2 aliphatic rings. The van der Waals surface area contributed by atoms with Crippen molar-refractivity contribution >= 4 is 0 Å². The van der Waals surface area contributed by atoms with Gasteiger partial charge in [-0.05, 0) is 39.2 Å². The lowest BCUT2D eigenvalue weighted by Crippen LogP contribution is -2.52. The summed E-state index contributed by atoms with van der Waals surface area (Å²) in [6.45, 7) is 6.15. The lowest BCUT2D eigenvalue weighted by atomic mass is 9.79. The Kier molecular flexibility index (Phi) is 4.71. The first-order valence-electron chi connectivity index (χ1n) is 9.48. The molecule has 140 valence electrons. The van der Waals surface area contributed by atoms with Crippen LogP contribution in [0, 0.1) is 13.8 Å². The summed E-state index contributed by atoms with van der Waals surface area (Å²) < 4.78 is 12.2. The van der Waals surface area contributed by atoms with Gasteiger partial charge in [0.1, 0.15) is 6.10 Å². The third-order valence-corrected chi connectivity index (χ3v) is 6.22. The molecule has 6 nitrogen and oxygen atoms in total. The third-order valence-electron chi connectivity index (χ3n) is 6.22. The number of ether oxygens (including phenoxy) is 2. The molecule has 2 aromatic rings. The van der Waals surface area contributed by atoms with Crippen molar-refractivity contribution in [3.63, 3.8) is 0 Å². The molecule has 1 N–H and O–H groups in total. The average Bonchev–Trinajstić information content (AvgIpc) is 3.18. The third kappa shape index (κ3) is 3.12. The first-order chi connectivity index (χ1) is 12.6. The molecule has 0 radical (unpaired) electrons. The van der Waals surface area contributed by atoms with Crippen LogP contribution in [-0.4, -0.2) is 51.5 Å². The van der Waals surface area contributed by atoms with Crippen LogP contribution in [0.1, 0.15) is 42.6 Å². The van der Waals surface area contributed by atoms with Gasteiger partial charge in [-0.25, -0.2) is 4.98 Å². The van der Waals surface area contributed by atoms with Crippen LogP contribution in [0.15, 0.2) is 24.4 Å². The number of aromatic nitrogens is 3. The second-order valence-corrected chi connectivity index (χ2v) is 7.60. The molecule has 6 heteroatoms. The molecule has 0 spiro atoms. The lowest BCUT2D eigenvalue weighted by Gasteiger charge is -2.43. The van der Waals surface area contributed by atoms with Gasteiger partial charge in [-0.15, -0.1) is 0 Å². The number of aryl methyl sites for hydroxylation is 2. The van der Waals surface area contributed by atoms with Crippen LogP contribution in [0.4, 0.5) is 0 Å². The summed E-state index contributed by atoms with van der Waals surface area (Å²) in [5, 5.41) is 7.46. The molecule has 3 atom stereocenters. The predicted molar refractivity (Wildman–Crippen MR) is 99.1 cm³/mol. The van der Waals surface area contributed by atoms with E-state index >= 15 is 0 Å². The van der Waals surface area contributed by atoms with Crippen molar-refractivity contribution in [1.29, 1.82) is 0 Å². The standard InChI is InChI=1S/C20H28N4O2/c1-14-17(15(2)23-22-14)13-24-11-9-20(25-3)8-7-16(12-18(20)24)26-19-6-4-5-10-21-19/h4-6,10,16,18H,7-9,11-13H2,1-3H3,(H,22,23)/t16-,18+,20-/m1/s1. The van der Waals surface area contributed by atoms with E-state index in [2.05, 4.69) is 33.9 Å². The van der Waals surface area contributed by atoms with Gasteiger partial charge in [0.2, 0.25) is 5.88 Å². The number of methoxy groups -OCH3 is 1. The smallest absolute Gasteiger partial charge is 0.213 e. The van der Waals surface area contributed by atoms with Gasteiger partial charge >= 0.3 is 0 Å². The Labute approximate surface area is 154 Å². The van der Waals surface area contributed by atoms with Crippen molar-refractivity contribution in [3.8, 4) is 5.88 Å². The second kappa shape index (κ2) is 7.00. The number of hydrogen-bond acceptors (Lipinski definition) is 5. The molecule has 2 aromatic heterocycles. The number of nitrogens with zero attached hydrogens (tertiary/aromatic N) is 3. The van der Waals surface area contributed by atoms with E-state index in [1.165, 1.54) is 5.56 Å². The number of pyridine rings is 1. The summed E-state index contributed by atoms with van der Waals surface area (Å²) in [6, 6.07) is 6.18. The molecule has 26 heavy (non-hydrogen) atoms. The number of fused-ring (bicyclic) bond motifs is 1. The highest BCUT2D eigenvalue weighted by Gasteiger charge is 2.51. The van der Waals surface area contributed by atoms with Crippen molar-refractivity contribution in [1.82, 2.24) is 20.1 Å². The molecule has 0 bridgehead atoms. The quantitative estimate of drug-likeness (QED) is 0.892. The predicted octanol–water partition coefficient (Wildman–Crippen LogP) is 3.01. The van der Waals surface area contributed by atoms with Crippen LogP contribution in [0.25, 0.3) is 0 Å². The molecule has 1 aliphatic heterocycles. The zero-order chi connectivity index (χ0) is 18.1. The Morgan fingerprint density at radius 1 is 1.31 bits per heavy atom. The van der Waals surface area contributed by atoms with Crippen molar-refractivity contribution in [2.24, 2.45) is 0 Å². The van der Waals surface area contributed by atoms with Crippen molar-refractivity contribution < 1.29 is 9.47 Å². The zero-order valence-corrected chi connectivity index (χ0v) is 15.9. The van der Waals surface area contributed by atoms with Gasteiger partial charge in [0.15, 0.2) is 0 Å². The SMILES string of the molecule is CO[C@@]12CC[C@@H](Oc3ccccn3)C[C@@H]1N(Cc1c(C)n[nH]c1C)CC2. The van der Waals surface area contributed by atoms with E-state index in [4.69, 9.17) is 9.47 Å². The van der Waals surface area contributed by atoms with E-state index in [1.807, 2.05) is 25.3 Å². The largest absolute Gasteiger partial charge is 0.474 e. The zero-order valence-electron chi connectivity index (χ0n) is 15.9. The fourth-order valence-electron chi connectivity index (χ4n) is 4.65. The van der Waals surface area contributed by atoms with Crippen LogP contribution >= 0.6 is 0 Å². The van der Waals surface area contributed by atoms with Crippen molar-refractivity contribution in [2.75, 3.05) is 13.7 Å². The Hall–Kier alpha value is -1.92. The summed E-state index contributed by atoms with van der Waals surface area (Å²) in [4.78, 5) is 6.88. The van der Waals surface area contributed by atoms with Gasteiger partial charge in [-0.2, -0.15) is 5.10 Å². The van der Waals surface area contributed by atoms with Crippen LogP contribution in [0.3, 0.4) is 0 Å². The topological polar surface area (TPSA) is 63.3 Å². The minimum Gasteiger partial charge on any atom is -0.474 e. The van der Waals surface area contributed by atoms with Gasteiger partial charge in [-0.3, -0.25) is 10.00 Å². The van der Waals surface area contributed by atoms with E-state index < -0.39 is 0 Å². The summed E-state index contributed by atoms with van der Waals surface area (Å²) >= 11 is 0. The Morgan fingerprint density at radius 3 is 2.88 bits per heavy atom. The minimum atomic E-state index is -0.0461. The Morgan fingerprint density at radius 2 is 2.19 bits per heavy atom. The Bertz CT molecular complexity index is 728. The number of rotatable bonds is 5. The molecule has 2 fully saturated rings. The number of likely N-dealkylation sites (tertiary alicyclic amines) is 1. The van der Waals surface area contributed by atoms with Crippen molar-refractivity contribution in [3.05, 3.63) is 41.3 Å². The lowest BCUT2D eigenvalue weighted by molar-refractivity contribution is -0.0843. The normalized spacial score (nSPS) is 28.9. The van der Waals surface area contributed by atoms with E-state index in [9.17, 15) is 0 Å². The van der Waals surface area contributed by atoms with Gasteiger partial charge in [0.05, 0.1) is 11.3 Å². The fraction of sp³-hybridized carbons (Fsp3) is 0.600. The van der Waals surface area contributed by atoms with Crippen LogP contribution in [0.5, 0.6) is 5.88 Å². The molecule has 0 amide bonds. The maximum atomic E-state index is 6.17. The second-order valence-electron chi connectivity index (χ2n) is 7.60. The Balaban J connectivity index is 1.51. The summed E-state index contributed by atoms with van der Waals surface area (Å²) in [6.07, 6.45) is 6.07. The monoisotopic (exact) mass is 356 g/mol. The maximum absolute atomic E-state index is 6.17. The van der Waals surface area contributed by atoms with Crippen molar-refractivity contribution in [2.45, 2.75) is 63.8 Å². The molecular formula is C20H28N4O2. The highest BCUT2D eigenvalue weighted by Crippen LogP contribution is 2.43. The highest BCUT2D eigenvalue weighted by molar-refractivity contribution is 5.24. The van der Waals surface area contributed by atoms with Crippen LogP contribution < -0.4 is 4.74 Å². The van der Waals surface area contributed by atoms with Crippen LogP contribution in [0.2, 0.25) is 0 Å². The maximum Gasteiger partial charge on any atom is 0.213 e. The van der Waals surface area contributed by atoms with E-state index in [1.54, 1.807) is 6.20 Å². The number of nitrogens with one attached hydrogen (secondary N) is 1. The number of H-pyrrole nitrogens is 1. The van der Waals surface area contributed by atoms with Gasteiger partial charge in [-0.1, -0.05) is 6.07 Å². The van der Waals surface area contributed by atoms with Gasteiger partial charge in [0, 0.05) is 56.2 Å². The molecule has 0 aromatic carbocycles. The van der Waals surface area contributed by atoms with Gasteiger partial charge < -0.3 is 9.47 Å². The molecule has 0 unspecified atom stereocenters. The molecule has 4 rings (SSSR count). The molecule has 3 heterocycles. The van der Waals surface area contributed by atoms with Gasteiger partial charge in [0.25, 0.3) is 0 Å². The summed E-state index contributed by atoms with van der Waals surface area (Å²) in [7, 11) is 1.87. The van der Waals surface area contributed by atoms with E-state index in [-0.39, 0.29) is 11.7 Å².